The van der Waals surface area contributed by atoms with Crippen molar-refractivity contribution in [2.24, 2.45) is 0 Å². The van der Waals surface area contributed by atoms with Gasteiger partial charge in [-0.1, -0.05) is 56.3 Å². The molecule has 1 saturated carbocycles. The molecular weight excluding hydrogens is 396 g/mol. The predicted molar refractivity (Wildman–Crippen MR) is 130 cm³/mol. The highest BCUT2D eigenvalue weighted by Gasteiger charge is 2.29. The van der Waals surface area contributed by atoms with Crippen LogP contribution in [0.3, 0.4) is 0 Å². The van der Waals surface area contributed by atoms with E-state index in [9.17, 15) is 4.79 Å². The van der Waals surface area contributed by atoms with Crippen LogP contribution in [0.4, 0.5) is 5.69 Å². The van der Waals surface area contributed by atoms with Crippen LogP contribution >= 0.6 is 0 Å². The highest BCUT2D eigenvalue weighted by molar-refractivity contribution is 5.92. The first-order chi connectivity index (χ1) is 15.4. The first-order valence-electron chi connectivity index (χ1n) is 11.7. The van der Waals surface area contributed by atoms with Crippen LogP contribution < -0.4 is 5.32 Å². The molecule has 0 saturated heterocycles. The third-order valence-electron chi connectivity index (χ3n) is 6.28. The number of anilines is 1. The fourth-order valence-electron chi connectivity index (χ4n) is 4.16. The van der Waals surface area contributed by atoms with E-state index in [0.717, 1.165) is 35.9 Å². The Morgan fingerprint density at radius 3 is 2.41 bits per heavy atom. The lowest BCUT2D eigenvalue weighted by molar-refractivity contribution is -0.116. The van der Waals surface area contributed by atoms with Gasteiger partial charge < -0.3 is 5.32 Å². The molecule has 1 amide bonds. The fraction of sp³-hybridized carbons (Fsp3) is 0.407. The summed E-state index contributed by atoms with van der Waals surface area (Å²) in [4.78, 5) is 15.3. The van der Waals surface area contributed by atoms with Crippen LogP contribution in [0, 0.1) is 13.8 Å². The summed E-state index contributed by atoms with van der Waals surface area (Å²) < 4.78 is 1.89. The normalized spacial score (nSPS) is 13.7. The van der Waals surface area contributed by atoms with Gasteiger partial charge in [-0.05, 0) is 55.9 Å². The van der Waals surface area contributed by atoms with Crippen LogP contribution in [-0.4, -0.2) is 33.2 Å². The van der Waals surface area contributed by atoms with Crippen molar-refractivity contribution in [3.8, 4) is 5.69 Å². The third-order valence-corrected chi connectivity index (χ3v) is 6.28. The Labute approximate surface area is 191 Å². The van der Waals surface area contributed by atoms with Crippen molar-refractivity contribution in [3.63, 3.8) is 0 Å². The molecule has 2 aromatic carbocycles. The van der Waals surface area contributed by atoms with Crippen molar-refractivity contribution in [3.05, 3.63) is 77.1 Å². The van der Waals surface area contributed by atoms with Crippen LogP contribution in [0.15, 0.2) is 54.6 Å². The van der Waals surface area contributed by atoms with Crippen molar-refractivity contribution in [1.82, 2.24) is 14.7 Å². The molecule has 5 heteroatoms. The van der Waals surface area contributed by atoms with Crippen molar-refractivity contribution < 1.29 is 4.79 Å². The van der Waals surface area contributed by atoms with Crippen LogP contribution in [0.1, 0.15) is 61.5 Å². The summed E-state index contributed by atoms with van der Waals surface area (Å²) in [6.07, 6.45) is 2.94. The van der Waals surface area contributed by atoms with Crippen molar-refractivity contribution >= 4 is 11.6 Å². The molecule has 0 atom stereocenters. The van der Waals surface area contributed by atoms with Gasteiger partial charge in [-0.2, -0.15) is 5.10 Å². The molecule has 1 heterocycles. The summed E-state index contributed by atoms with van der Waals surface area (Å²) >= 11 is 0. The average Bonchev–Trinajstić information content (AvgIpc) is 3.60. The maximum atomic E-state index is 12.8. The molecule has 3 aromatic rings. The molecule has 0 aliphatic heterocycles. The number of nitrogens with zero attached hydrogens (tertiary/aromatic N) is 3. The van der Waals surface area contributed by atoms with E-state index >= 15 is 0 Å². The molecule has 1 aliphatic carbocycles. The minimum absolute atomic E-state index is 0.0459. The molecule has 4 rings (SSSR count). The molecule has 1 aliphatic rings. The van der Waals surface area contributed by atoms with Gasteiger partial charge in [0.2, 0.25) is 5.91 Å². The van der Waals surface area contributed by atoms with E-state index < -0.39 is 0 Å². The van der Waals surface area contributed by atoms with Crippen LogP contribution in [-0.2, 0) is 11.3 Å². The number of carbonyl (C=O) groups excluding carboxylic acids is 1. The Morgan fingerprint density at radius 2 is 1.78 bits per heavy atom. The number of carbonyl (C=O) groups is 1. The van der Waals surface area contributed by atoms with E-state index in [1.165, 1.54) is 24.0 Å². The highest BCUT2D eigenvalue weighted by atomic mass is 16.1. The Morgan fingerprint density at radius 1 is 1.09 bits per heavy atom. The summed E-state index contributed by atoms with van der Waals surface area (Å²) in [7, 11) is 0. The van der Waals surface area contributed by atoms with Crippen molar-refractivity contribution in [2.75, 3.05) is 11.9 Å². The van der Waals surface area contributed by atoms with Gasteiger partial charge in [-0.25, -0.2) is 4.68 Å². The second kappa shape index (κ2) is 9.70. The molecule has 0 bridgehead atoms. The van der Waals surface area contributed by atoms with E-state index in [0.29, 0.717) is 18.4 Å². The minimum atomic E-state index is 0.0459. The smallest absolute Gasteiger partial charge is 0.225 e. The van der Waals surface area contributed by atoms with Gasteiger partial charge in [0.05, 0.1) is 22.8 Å². The average molecular weight is 431 g/mol. The number of aromatic nitrogens is 2. The first kappa shape index (κ1) is 22.3. The quantitative estimate of drug-likeness (QED) is 0.480. The van der Waals surface area contributed by atoms with Crippen molar-refractivity contribution in [2.45, 2.75) is 65.5 Å². The minimum Gasteiger partial charge on any atom is -0.323 e. The number of rotatable bonds is 9. The van der Waals surface area contributed by atoms with Gasteiger partial charge in [-0.3, -0.25) is 9.69 Å². The SMILES string of the molecule is Cc1nn(-c2ccccc2)c(C)c1NC(=O)CCN(Cc1ccc(C(C)C)cc1)C1CC1. The Hall–Kier alpha value is -2.92. The molecular formula is C27H34N4O. The van der Waals surface area contributed by atoms with Gasteiger partial charge >= 0.3 is 0 Å². The lowest BCUT2D eigenvalue weighted by Crippen LogP contribution is -2.29. The summed E-state index contributed by atoms with van der Waals surface area (Å²) in [5.41, 5.74) is 6.29. The van der Waals surface area contributed by atoms with Crippen LogP contribution in [0.25, 0.3) is 5.69 Å². The molecule has 0 radical (unpaired) electrons. The van der Waals surface area contributed by atoms with E-state index in [2.05, 4.69) is 53.4 Å². The van der Waals surface area contributed by atoms with Crippen LogP contribution in [0.2, 0.25) is 0 Å². The Balaban J connectivity index is 1.37. The summed E-state index contributed by atoms with van der Waals surface area (Å²) in [6.45, 7) is 10.1. The number of amides is 1. The van der Waals surface area contributed by atoms with Crippen LogP contribution in [0.5, 0.6) is 0 Å². The lowest BCUT2D eigenvalue weighted by atomic mass is 10.0. The molecule has 1 aromatic heterocycles. The molecule has 32 heavy (non-hydrogen) atoms. The van der Waals surface area contributed by atoms with Gasteiger partial charge in [0.25, 0.3) is 0 Å². The third kappa shape index (κ3) is 5.28. The Bertz CT molecular complexity index is 1050. The molecule has 0 unspecified atom stereocenters. The second-order valence-electron chi connectivity index (χ2n) is 9.19. The number of hydrogen-bond donors (Lipinski definition) is 1. The second-order valence-corrected chi connectivity index (χ2v) is 9.19. The van der Waals surface area contributed by atoms with E-state index in [-0.39, 0.29) is 5.91 Å². The van der Waals surface area contributed by atoms with E-state index in [4.69, 9.17) is 0 Å². The predicted octanol–water partition coefficient (Wildman–Crippen LogP) is 5.61. The summed E-state index contributed by atoms with van der Waals surface area (Å²) in [5, 5.41) is 7.75. The van der Waals surface area contributed by atoms with Crippen molar-refractivity contribution in [1.29, 1.82) is 0 Å². The number of para-hydroxylation sites is 1. The highest BCUT2D eigenvalue weighted by Crippen LogP contribution is 2.29. The largest absolute Gasteiger partial charge is 0.323 e. The lowest BCUT2D eigenvalue weighted by Gasteiger charge is -2.22. The first-order valence-corrected chi connectivity index (χ1v) is 11.7. The van der Waals surface area contributed by atoms with E-state index in [1.54, 1.807) is 0 Å². The zero-order valence-electron chi connectivity index (χ0n) is 19.6. The zero-order chi connectivity index (χ0) is 22.7. The molecule has 5 nitrogen and oxygen atoms in total. The standard InChI is InChI=1S/C27H34N4O/c1-19(2)23-12-10-22(11-13-23)18-30(24-14-15-24)17-16-26(32)28-27-20(3)29-31(21(27)4)25-8-6-5-7-9-25/h5-13,19,24H,14-18H2,1-4H3,(H,28,32). The molecule has 168 valence electrons. The van der Waals surface area contributed by atoms with Gasteiger partial charge in [-0.15, -0.1) is 0 Å². The maximum Gasteiger partial charge on any atom is 0.225 e. The maximum absolute atomic E-state index is 12.8. The van der Waals surface area contributed by atoms with Gasteiger partial charge in [0, 0.05) is 25.6 Å². The van der Waals surface area contributed by atoms with Gasteiger partial charge in [0.1, 0.15) is 0 Å². The Kier molecular flexibility index (Phi) is 6.75. The number of aryl methyl sites for hydroxylation is 1. The summed E-state index contributed by atoms with van der Waals surface area (Å²) in [6, 6.07) is 19.5. The number of benzene rings is 2. The fourth-order valence-corrected chi connectivity index (χ4v) is 4.16. The number of hydrogen-bond acceptors (Lipinski definition) is 3. The molecule has 0 spiro atoms. The molecule has 1 N–H and O–H groups in total. The topological polar surface area (TPSA) is 50.2 Å². The van der Waals surface area contributed by atoms with E-state index in [1.807, 2.05) is 48.9 Å². The number of nitrogens with one attached hydrogen (secondary N) is 1. The zero-order valence-corrected chi connectivity index (χ0v) is 19.6. The monoisotopic (exact) mass is 430 g/mol. The van der Waals surface area contributed by atoms with Gasteiger partial charge in [0.15, 0.2) is 0 Å². The summed E-state index contributed by atoms with van der Waals surface area (Å²) in [5.74, 6) is 0.593. The molecule has 1 fully saturated rings.